The van der Waals surface area contributed by atoms with Crippen molar-refractivity contribution < 1.29 is 23.8 Å². The van der Waals surface area contributed by atoms with Gasteiger partial charge < -0.3 is 19.2 Å². The molecule has 1 aliphatic rings. The topological polar surface area (TPSA) is 97.0 Å². The van der Waals surface area contributed by atoms with Crippen molar-refractivity contribution in [1.29, 1.82) is 0 Å². The molecule has 1 aromatic carbocycles. The molecule has 1 aromatic heterocycles. The van der Waals surface area contributed by atoms with Crippen molar-refractivity contribution in [3.05, 3.63) is 40.8 Å². The Morgan fingerprint density at radius 3 is 2.85 bits per heavy atom. The highest BCUT2D eigenvalue weighted by Gasteiger charge is 2.27. The van der Waals surface area contributed by atoms with Crippen LogP contribution < -0.4 is 10.4 Å². The number of amides is 1. The number of hydrogen-bond acceptors (Lipinski definition) is 5. The number of hydrogen-bond donors (Lipinski definition) is 1. The molecule has 2 heterocycles. The summed E-state index contributed by atoms with van der Waals surface area (Å²) in [5.74, 6) is -0.564. The van der Waals surface area contributed by atoms with Crippen LogP contribution in [0.2, 0.25) is 0 Å². The lowest BCUT2D eigenvalue weighted by Crippen LogP contribution is -2.46. The first-order valence-corrected chi connectivity index (χ1v) is 8.71. The first-order chi connectivity index (χ1) is 12.5. The molecular weight excluding hydrogens is 338 g/mol. The highest BCUT2D eigenvalue weighted by molar-refractivity contribution is 5.79. The molecule has 7 heteroatoms. The fourth-order valence-electron chi connectivity index (χ4n) is 3.28. The number of piperidine rings is 1. The second kappa shape index (κ2) is 8.03. The standard InChI is InChI=1S/C19H21NO6/c21-17(20-10-2-1-3-14(20)6-8-18(22)23)12-25-15-7-4-13-5-9-19(24)26-16(13)11-15/h4-5,7,9,11,14H,1-3,6,8,10,12H2,(H,22,23). The highest BCUT2D eigenvalue weighted by atomic mass is 16.5. The second-order valence-electron chi connectivity index (χ2n) is 6.41. The molecule has 0 saturated carbocycles. The lowest BCUT2D eigenvalue weighted by Gasteiger charge is -2.35. The SMILES string of the molecule is O=C(O)CCC1CCCCN1C(=O)COc1ccc2ccc(=O)oc2c1. The zero-order chi connectivity index (χ0) is 18.5. The molecule has 0 radical (unpaired) electrons. The van der Waals surface area contributed by atoms with Crippen LogP contribution >= 0.6 is 0 Å². The minimum absolute atomic E-state index is 0.0504. The van der Waals surface area contributed by atoms with Crippen LogP contribution in [-0.4, -0.2) is 41.1 Å². The zero-order valence-electron chi connectivity index (χ0n) is 14.3. The Hall–Kier alpha value is -2.83. The lowest BCUT2D eigenvalue weighted by molar-refractivity contribution is -0.141. The predicted octanol–water partition coefficient (Wildman–Crippen LogP) is 2.42. The van der Waals surface area contributed by atoms with Gasteiger partial charge in [-0.15, -0.1) is 0 Å². The molecule has 7 nitrogen and oxygen atoms in total. The molecule has 1 N–H and O–H groups in total. The molecule has 1 fully saturated rings. The van der Waals surface area contributed by atoms with Gasteiger partial charge in [0.1, 0.15) is 11.3 Å². The second-order valence-corrected chi connectivity index (χ2v) is 6.41. The summed E-state index contributed by atoms with van der Waals surface area (Å²) in [6, 6.07) is 8.02. The van der Waals surface area contributed by atoms with E-state index >= 15 is 0 Å². The number of carbonyl (C=O) groups excluding carboxylic acids is 1. The number of aliphatic carboxylic acids is 1. The van der Waals surface area contributed by atoms with E-state index in [4.69, 9.17) is 14.3 Å². The Bertz CT molecular complexity index is 858. The molecule has 0 bridgehead atoms. The van der Waals surface area contributed by atoms with Crippen molar-refractivity contribution >= 4 is 22.8 Å². The molecule has 1 atom stereocenters. The Morgan fingerprint density at radius 2 is 2.04 bits per heavy atom. The lowest BCUT2D eigenvalue weighted by atomic mass is 9.98. The summed E-state index contributed by atoms with van der Waals surface area (Å²) in [5, 5.41) is 9.64. The largest absolute Gasteiger partial charge is 0.484 e. The van der Waals surface area contributed by atoms with Crippen molar-refractivity contribution in [2.45, 2.75) is 38.1 Å². The van der Waals surface area contributed by atoms with E-state index in [1.54, 1.807) is 29.2 Å². The van der Waals surface area contributed by atoms with E-state index in [0.29, 0.717) is 24.3 Å². The number of benzene rings is 1. The third-order valence-electron chi connectivity index (χ3n) is 4.60. The normalized spacial score (nSPS) is 17.2. The summed E-state index contributed by atoms with van der Waals surface area (Å²) in [6.07, 6.45) is 3.25. The average Bonchev–Trinajstić information content (AvgIpc) is 2.64. The maximum absolute atomic E-state index is 12.5. The summed E-state index contributed by atoms with van der Waals surface area (Å²) in [7, 11) is 0. The number of carbonyl (C=O) groups is 2. The van der Waals surface area contributed by atoms with Crippen LogP contribution in [0.3, 0.4) is 0 Å². The van der Waals surface area contributed by atoms with E-state index in [9.17, 15) is 14.4 Å². The van der Waals surface area contributed by atoms with E-state index in [1.165, 1.54) is 6.07 Å². The molecule has 138 valence electrons. The van der Waals surface area contributed by atoms with Crippen molar-refractivity contribution in [3.63, 3.8) is 0 Å². The quantitative estimate of drug-likeness (QED) is 0.796. The summed E-state index contributed by atoms with van der Waals surface area (Å²) >= 11 is 0. The van der Waals surface area contributed by atoms with Gasteiger partial charge in [0.25, 0.3) is 5.91 Å². The third kappa shape index (κ3) is 4.41. The minimum Gasteiger partial charge on any atom is -0.484 e. The summed E-state index contributed by atoms with van der Waals surface area (Å²) in [6.45, 7) is 0.491. The summed E-state index contributed by atoms with van der Waals surface area (Å²) in [5.41, 5.74) is -0.0416. The van der Waals surface area contributed by atoms with Gasteiger partial charge in [0.2, 0.25) is 0 Å². The van der Waals surface area contributed by atoms with Gasteiger partial charge in [-0.3, -0.25) is 9.59 Å². The number of nitrogens with zero attached hydrogens (tertiary/aromatic N) is 1. The highest BCUT2D eigenvalue weighted by Crippen LogP contribution is 2.22. The molecule has 1 saturated heterocycles. The van der Waals surface area contributed by atoms with Gasteiger partial charge in [-0.25, -0.2) is 4.79 Å². The van der Waals surface area contributed by atoms with E-state index in [0.717, 1.165) is 24.6 Å². The van der Waals surface area contributed by atoms with Gasteiger partial charge in [0.15, 0.2) is 6.61 Å². The monoisotopic (exact) mass is 359 g/mol. The van der Waals surface area contributed by atoms with Crippen LogP contribution in [0.15, 0.2) is 39.5 Å². The van der Waals surface area contributed by atoms with Crippen LogP contribution in [-0.2, 0) is 9.59 Å². The molecule has 1 aliphatic heterocycles. The Morgan fingerprint density at radius 1 is 1.23 bits per heavy atom. The predicted molar refractivity (Wildman–Crippen MR) is 94.2 cm³/mol. The number of ether oxygens (including phenoxy) is 1. The van der Waals surface area contributed by atoms with Gasteiger partial charge in [-0.1, -0.05) is 0 Å². The average molecular weight is 359 g/mol. The molecule has 2 aromatic rings. The number of carboxylic acids is 1. The Kier molecular flexibility index (Phi) is 5.55. The van der Waals surface area contributed by atoms with Crippen LogP contribution in [0.1, 0.15) is 32.1 Å². The van der Waals surface area contributed by atoms with Crippen LogP contribution in [0, 0.1) is 0 Å². The van der Waals surface area contributed by atoms with Gasteiger partial charge in [-0.05, 0) is 43.9 Å². The minimum atomic E-state index is -0.850. The molecule has 0 spiro atoms. The summed E-state index contributed by atoms with van der Waals surface area (Å²) in [4.78, 5) is 36.4. The molecule has 26 heavy (non-hydrogen) atoms. The van der Waals surface area contributed by atoms with Crippen LogP contribution in [0.4, 0.5) is 0 Å². The maximum atomic E-state index is 12.5. The first kappa shape index (κ1) is 18.0. The summed E-state index contributed by atoms with van der Waals surface area (Å²) < 4.78 is 10.7. The van der Waals surface area contributed by atoms with Gasteiger partial charge in [0, 0.05) is 36.5 Å². The molecular formula is C19H21NO6. The molecule has 1 amide bonds. The molecule has 1 unspecified atom stereocenters. The Labute approximate surface area is 150 Å². The smallest absolute Gasteiger partial charge is 0.336 e. The third-order valence-corrected chi connectivity index (χ3v) is 4.60. The Balaban J connectivity index is 1.63. The van der Waals surface area contributed by atoms with E-state index < -0.39 is 11.6 Å². The van der Waals surface area contributed by atoms with Crippen molar-refractivity contribution in [2.75, 3.05) is 13.2 Å². The molecule has 0 aliphatic carbocycles. The van der Waals surface area contributed by atoms with E-state index in [-0.39, 0.29) is 25.0 Å². The number of likely N-dealkylation sites (tertiary alicyclic amines) is 1. The molecule has 3 rings (SSSR count). The van der Waals surface area contributed by atoms with Crippen molar-refractivity contribution in [2.24, 2.45) is 0 Å². The van der Waals surface area contributed by atoms with E-state index in [2.05, 4.69) is 0 Å². The van der Waals surface area contributed by atoms with Gasteiger partial charge in [0.05, 0.1) is 0 Å². The maximum Gasteiger partial charge on any atom is 0.336 e. The number of carboxylic acid groups (broad SMARTS) is 1. The fraction of sp³-hybridized carbons (Fsp3) is 0.421. The van der Waals surface area contributed by atoms with Crippen molar-refractivity contribution in [1.82, 2.24) is 4.90 Å². The first-order valence-electron chi connectivity index (χ1n) is 8.71. The van der Waals surface area contributed by atoms with E-state index in [1.807, 2.05) is 0 Å². The van der Waals surface area contributed by atoms with Crippen LogP contribution in [0.5, 0.6) is 5.75 Å². The zero-order valence-corrected chi connectivity index (χ0v) is 14.3. The fourth-order valence-corrected chi connectivity index (χ4v) is 3.28. The van der Waals surface area contributed by atoms with Gasteiger partial charge >= 0.3 is 11.6 Å². The van der Waals surface area contributed by atoms with Crippen LogP contribution in [0.25, 0.3) is 11.0 Å². The number of rotatable bonds is 6. The van der Waals surface area contributed by atoms with Gasteiger partial charge in [-0.2, -0.15) is 0 Å². The van der Waals surface area contributed by atoms with Crippen molar-refractivity contribution in [3.8, 4) is 5.75 Å². The number of fused-ring (bicyclic) bond motifs is 1.